The Kier molecular flexibility index (Phi) is 5.23. The fourth-order valence-electron chi connectivity index (χ4n) is 1.77. The molecule has 0 saturated carbocycles. The second-order valence-corrected chi connectivity index (χ2v) is 4.77. The normalized spacial score (nSPS) is 11.8. The number of anilines is 1. The van der Waals surface area contributed by atoms with Crippen molar-refractivity contribution in [2.45, 2.75) is 19.9 Å². The first kappa shape index (κ1) is 16.4. The summed E-state index contributed by atoms with van der Waals surface area (Å²) in [4.78, 5) is 33.1. The van der Waals surface area contributed by atoms with Crippen LogP contribution in [0.3, 0.4) is 0 Å². The minimum absolute atomic E-state index is 0.0637. The molecule has 1 atom stereocenters. The number of nitrogens with one attached hydrogen (secondary N) is 2. The summed E-state index contributed by atoms with van der Waals surface area (Å²) in [5, 5.41) is 25.2. The van der Waals surface area contributed by atoms with Crippen LogP contribution in [0.15, 0.2) is 18.2 Å². The highest BCUT2D eigenvalue weighted by atomic mass is 16.6. The van der Waals surface area contributed by atoms with E-state index in [0.717, 1.165) is 6.07 Å². The number of nitrogens with zero attached hydrogens (tertiary/aromatic N) is 1. The molecular weight excluding hydrogens is 278 g/mol. The molecule has 0 spiro atoms. The van der Waals surface area contributed by atoms with Crippen LogP contribution >= 0.6 is 0 Å². The summed E-state index contributed by atoms with van der Waals surface area (Å²) >= 11 is 0. The van der Waals surface area contributed by atoms with E-state index in [1.54, 1.807) is 13.8 Å². The molecule has 1 unspecified atom stereocenters. The third-order valence-corrected chi connectivity index (χ3v) is 2.93. The maximum atomic E-state index is 11.5. The number of nitro groups is 1. The van der Waals surface area contributed by atoms with E-state index in [9.17, 15) is 19.7 Å². The van der Waals surface area contributed by atoms with Crippen molar-refractivity contribution in [1.29, 1.82) is 0 Å². The van der Waals surface area contributed by atoms with E-state index in [2.05, 4.69) is 10.6 Å². The number of amides is 1. The smallest absolute Gasteiger partial charge is 0.326 e. The maximum absolute atomic E-state index is 11.5. The van der Waals surface area contributed by atoms with Gasteiger partial charge >= 0.3 is 5.97 Å². The zero-order valence-electron chi connectivity index (χ0n) is 11.9. The summed E-state index contributed by atoms with van der Waals surface area (Å²) in [6.07, 6.45) is 0. The highest BCUT2D eigenvalue weighted by Gasteiger charge is 2.25. The molecule has 8 heteroatoms. The van der Waals surface area contributed by atoms with Gasteiger partial charge in [0.25, 0.3) is 11.6 Å². The van der Waals surface area contributed by atoms with Crippen molar-refractivity contribution >= 4 is 23.3 Å². The van der Waals surface area contributed by atoms with Crippen LogP contribution in [0.1, 0.15) is 24.2 Å². The van der Waals surface area contributed by atoms with Gasteiger partial charge in [0.05, 0.1) is 4.92 Å². The SMILES string of the molecule is CNC(=O)c1ccc(NC(C(=O)O)C(C)C)c([N+](=O)[O-])c1. The molecule has 1 aromatic carbocycles. The van der Waals surface area contributed by atoms with E-state index in [1.165, 1.54) is 19.2 Å². The average Bonchev–Trinajstić information content (AvgIpc) is 2.42. The van der Waals surface area contributed by atoms with Crippen LogP contribution in [0.4, 0.5) is 11.4 Å². The number of carboxylic acids is 1. The summed E-state index contributed by atoms with van der Waals surface area (Å²) < 4.78 is 0. The molecule has 1 aromatic rings. The average molecular weight is 295 g/mol. The van der Waals surface area contributed by atoms with Crippen LogP contribution in [-0.4, -0.2) is 35.0 Å². The summed E-state index contributed by atoms with van der Waals surface area (Å²) in [5.41, 5.74) is -0.150. The third kappa shape index (κ3) is 3.91. The van der Waals surface area contributed by atoms with E-state index >= 15 is 0 Å². The quantitative estimate of drug-likeness (QED) is 0.539. The van der Waals surface area contributed by atoms with Gasteiger partial charge in [-0.3, -0.25) is 14.9 Å². The monoisotopic (exact) mass is 295 g/mol. The minimum atomic E-state index is -1.10. The van der Waals surface area contributed by atoms with E-state index in [-0.39, 0.29) is 22.9 Å². The molecule has 0 aromatic heterocycles. The Morgan fingerprint density at radius 3 is 2.38 bits per heavy atom. The van der Waals surface area contributed by atoms with Crippen molar-refractivity contribution < 1.29 is 19.6 Å². The number of rotatable bonds is 6. The number of hydrogen-bond acceptors (Lipinski definition) is 5. The molecule has 3 N–H and O–H groups in total. The lowest BCUT2D eigenvalue weighted by Crippen LogP contribution is -2.34. The molecule has 0 aliphatic rings. The lowest BCUT2D eigenvalue weighted by atomic mass is 10.0. The fraction of sp³-hybridized carbons (Fsp3) is 0.385. The first-order chi connectivity index (χ1) is 9.77. The third-order valence-electron chi connectivity index (χ3n) is 2.93. The van der Waals surface area contributed by atoms with Crippen molar-refractivity contribution in [3.8, 4) is 0 Å². The van der Waals surface area contributed by atoms with Gasteiger partial charge in [-0.2, -0.15) is 0 Å². The number of benzene rings is 1. The Labute approximate surface area is 121 Å². The second kappa shape index (κ2) is 6.69. The summed E-state index contributed by atoms with van der Waals surface area (Å²) in [5.74, 6) is -1.82. The largest absolute Gasteiger partial charge is 0.480 e. The molecule has 0 radical (unpaired) electrons. The van der Waals surface area contributed by atoms with E-state index in [1.807, 2.05) is 0 Å². The Hall–Kier alpha value is -2.64. The van der Waals surface area contributed by atoms with Crippen LogP contribution in [0.25, 0.3) is 0 Å². The fourth-order valence-corrected chi connectivity index (χ4v) is 1.77. The number of nitro benzene ring substituents is 1. The first-order valence-electron chi connectivity index (χ1n) is 6.27. The van der Waals surface area contributed by atoms with Gasteiger partial charge in [-0.25, -0.2) is 4.79 Å². The highest BCUT2D eigenvalue weighted by molar-refractivity contribution is 5.95. The molecule has 0 fully saturated rings. The maximum Gasteiger partial charge on any atom is 0.326 e. The summed E-state index contributed by atoms with van der Waals surface area (Å²) in [6.45, 7) is 3.38. The minimum Gasteiger partial charge on any atom is -0.480 e. The second-order valence-electron chi connectivity index (χ2n) is 4.77. The van der Waals surface area contributed by atoms with Gasteiger partial charge in [-0.15, -0.1) is 0 Å². The van der Waals surface area contributed by atoms with Crippen LogP contribution in [-0.2, 0) is 4.79 Å². The Bertz CT molecular complexity index is 571. The topological polar surface area (TPSA) is 122 Å². The molecule has 0 aliphatic heterocycles. The zero-order valence-corrected chi connectivity index (χ0v) is 11.9. The van der Waals surface area contributed by atoms with E-state index < -0.39 is 22.8 Å². The standard InChI is InChI=1S/C13H17N3O5/c1-7(2)11(13(18)19)15-9-5-4-8(12(17)14-3)6-10(9)16(20)21/h4-7,11,15H,1-3H3,(H,14,17)(H,18,19). The van der Waals surface area contributed by atoms with Crippen LogP contribution in [0, 0.1) is 16.0 Å². The zero-order chi connectivity index (χ0) is 16.2. The lowest BCUT2D eigenvalue weighted by molar-refractivity contribution is -0.384. The van der Waals surface area contributed by atoms with E-state index in [4.69, 9.17) is 5.11 Å². The summed E-state index contributed by atoms with van der Waals surface area (Å²) in [6, 6.07) is 2.88. The van der Waals surface area contributed by atoms with Crippen molar-refractivity contribution in [3.05, 3.63) is 33.9 Å². The molecule has 8 nitrogen and oxygen atoms in total. The van der Waals surface area contributed by atoms with Gasteiger partial charge in [-0.05, 0) is 18.1 Å². The van der Waals surface area contributed by atoms with Gasteiger partial charge < -0.3 is 15.7 Å². The molecular formula is C13H17N3O5. The highest BCUT2D eigenvalue weighted by Crippen LogP contribution is 2.27. The Morgan fingerprint density at radius 2 is 1.95 bits per heavy atom. The molecule has 0 saturated heterocycles. The number of aliphatic carboxylic acids is 1. The predicted molar refractivity (Wildman–Crippen MR) is 76.4 cm³/mol. The first-order valence-corrected chi connectivity index (χ1v) is 6.27. The molecule has 114 valence electrons. The summed E-state index contributed by atoms with van der Waals surface area (Å²) in [7, 11) is 1.42. The lowest BCUT2D eigenvalue weighted by Gasteiger charge is -2.19. The van der Waals surface area contributed by atoms with Gasteiger partial charge in [0.15, 0.2) is 0 Å². The predicted octanol–water partition coefficient (Wildman–Crippen LogP) is 1.48. The van der Waals surface area contributed by atoms with Gasteiger partial charge in [0.2, 0.25) is 0 Å². The number of carbonyl (C=O) groups is 2. The van der Waals surface area contributed by atoms with E-state index in [0.29, 0.717) is 0 Å². The van der Waals surface area contributed by atoms with Crippen molar-refractivity contribution in [1.82, 2.24) is 5.32 Å². The van der Waals surface area contributed by atoms with Crippen molar-refractivity contribution in [3.63, 3.8) is 0 Å². The molecule has 0 aliphatic carbocycles. The van der Waals surface area contributed by atoms with Gasteiger partial charge in [-0.1, -0.05) is 13.8 Å². The molecule has 21 heavy (non-hydrogen) atoms. The van der Waals surface area contributed by atoms with Crippen LogP contribution in [0.5, 0.6) is 0 Å². The van der Waals surface area contributed by atoms with Crippen LogP contribution < -0.4 is 10.6 Å². The number of carbonyl (C=O) groups excluding carboxylic acids is 1. The molecule has 1 rings (SSSR count). The van der Waals surface area contributed by atoms with Crippen molar-refractivity contribution in [2.75, 3.05) is 12.4 Å². The molecule has 1 amide bonds. The number of carboxylic acid groups (broad SMARTS) is 1. The van der Waals surface area contributed by atoms with Gasteiger partial charge in [0.1, 0.15) is 11.7 Å². The van der Waals surface area contributed by atoms with Crippen molar-refractivity contribution in [2.24, 2.45) is 5.92 Å². The number of hydrogen-bond donors (Lipinski definition) is 3. The molecule has 0 heterocycles. The van der Waals surface area contributed by atoms with Crippen LogP contribution in [0.2, 0.25) is 0 Å². The molecule has 0 bridgehead atoms. The Morgan fingerprint density at radius 1 is 1.33 bits per heavy atom. The van der Waals surface area contributed by atoms with Gasteiger partial charge in [0, 0.05) is 18.7 Å². The Balaban J connectivity index is 3.21.